The van der Waals surface area contributed by atoms with E-state index in [2.05, 4.69) is 9.97 Å². The van der Waals surface area contributed by atoms with Gasteiger partial charge >= 0.3 is 0 Å². The van der Waals surface area contributed by atoms with Crippen LogP contribution >= 0.6 is 0 Å². The second kappa shape index (κ2) is 6.12. The van der Waals surface area contributed by atoms with Crippen molar-refractivity contribution in [3.8, 4) is 11.5 Å². The molecule has 0 saturated carbocycles. The summed E-state index contributed by atoms with van der Waals surface area (Å²) >= 11 is 0. The zero-order chi connectivity index (χ0) is 17.4. The minimum atomic E-state index is -0.165. The summed E-state index contributed by atoms with van der Waals surface area (Å²) in [4.78, 5) is 22.1. The summed E-state index contributed by atoms with van der Waals surface area (Å²) in [5, 5.41) is 19.1. The van der Waals surface area contributed by atoms with Crippen molar-refractivity contribution < 1.29 is 15.0 Å². The van der Waals surface area contributed by atoms with Gasteiger partial charge in [0, 0.05) is 37.1 Å². The third-order valence-corrected chi connectivity index (χ3v) is 4.84. The third kappa shape index (κ3) is 2.91. The largest absolute Gasteiger partial charge is 0.508 e. The Morgan fingerprint density at radius 2 is 1.88 bits per heavy atom. The molecule has 3 heterocycles. The fraction of sp³-hybridized carbons (Fsp3) is 0.263. The van der Waals surface area contributed by atoms with Gasteiger partial charge in [0.2, 0.25) is 0 Å². The monoisotopic (exact) mass is 337 g/mol. The summed E-state index contributed by atoms with van der Waals surface area (Å²) in [5.74, 6) is -0.0156. The molecule has 1 amide bonds. The highest BCUT2D eigenvalue weighted by Crippen LogP contribution is 2.33. The van der Waals surface area contributed by atoms with Crippen LogP contribution in [0.4, 0.5) is 0 Å². The van der Waals surface area contributed by atoms with Gasteiger partial charge in [-0.25, -0.2) is 0 Å². The first-order valence-corrected chi connectivity index (χ1v) is 8.36. The Balaban J connectivity index is 1.48. The molecule has 2 aromatic heterocycles. The van der Waals surface area contributed by atoms with E-state index in [1.54, 1.807) is 11.1 Å². The molecule has 0 unspecified atom stereocenters. The molecule has 1 aliphatic rings. The number of hydrogen-bond acceptors (Lipinski definition) is 4. The summed E-state index contributed by atoms with van der Waals surface area (Å²) in [6.07, 6.45) is 5.54. The predicted molar refractivity (Wildman–Crippen MR) is 93.7 cm³/mol. The lowest BCUT2D eigenvalue weighted by Crippen LogP contribution is -2.37. The summed E-state index contributed by atoms with van der Waals surface area (Å²) in [6, 6.07) is 7.91. The number of aromatic hydroxyl groups is 2. The van der Waals surface area contributed by atoms with Crippen LogP contribution in [0.1, 0.15) is 34.7 Å². The number of nitrogens with one attached hydrogen (secondary N) is 1. The van der Waals surface area contributed by atoms with Crippen LogP contribution in [0.5, 0.6) is 11.5 Å². The van der Waals surface area contributed by atoms with Crippen LogP contribution in [0.25, 0.3) is 11.0 Å². The van der Waals surface area contributed by atoms with Gasteiger partial charge in [0.1, 0.15) is 11.5 Å². The summed E-state index contributed by atoms with van der Waals surface area (Å²) in [7, 11) is 0. The summed E-state index contributed by atoms with van der Waals surface area (Å²) in [5.41, 5.74) is 3.55. The first-order chi connectivity index (χ1) is 12.1. The Bertz CT molecular complexity index is 906. The molecule has 0 spiro atoms. The van der Waals surface area contributed by atoms with Crippen molar-refractivity contribution in [2.24, 2.45) is 0 Å². The van der Waals surface area contributed by atoms with Gasteiger partial charge in [-0.15, -0.1) is 0 Å². The van der Waals surface area contributed by atoms with Gasteiger partial charge < -0.3 is 20.1 Å². The number of fused-ring (bicyclic) bond motifs is 1. The molecule has 1 fully saturated rings. The van der Waals surface area contributed by atoms with Crippen molar-refractivity contribution in [2.75, 3.05) is 13.1 Å². The Morgan fingerprint density at radius 3 is 2.60 bits per heavy atom. The molecule has 0 atom stereocenters. The predicted octanol–water partition coefficient (Wildman–Crippen LogP) is 2.99. The van der Waals surface area contributed by atoms with Gasteiger partial charge in [-0.05, 0) is 48.6 Å². The number of aromatic nitrogens is 2. The molecule has 3 N–H and O–H groups in total. The lowest BCUT2D eigenvalue weighted by molar-refractivity contribution is 0.0712. The first kappa shape index (κ1) is 15.5. The Morgan fingerprint density at radius 1 is 1.16 bits per heavy atom. The van der Waals surface area contributed by atoms with Gasteiger partial charge in [-0.3, -0.25) is 9.78 Å². The zero-order valence-electron chi connectivity index (χ0n) is 13.6. The average Bonchev–Trinajstić information content (AvgIpc) is 3.04. The quantitative estimate of drug-likeness (QED) is 0.670. The average molecular weight is 337 g/mol. The number of rotatable bonds is 2. The molecule has 0 radical (unpaired) electrons. The number of phenols is 2. The number of pyridine rings is 1. The maximum Gasteiger partial charge on any atom is 0.254 e. The van der Waals surface area contributed by atoms with E-state index in [1.165, 1.54) is 23.8 Å². The molecule has 0 bridgehead atoms. The van der Waals surface area contributed by atoms with E-state index in [1.807, 2.05) is 18.3 Å². The van der Waals surface area contributed by atoms with Crippen LogP contribution < -0.4 is 0 Å². The highest BCUT2D eigenvalue weighted by molar-refractivity contribution is 5.95. The second-order valence-corrected chi connectivity index (χ2v) is 6.45. The second-order valence-electron chi connectivity index (χ2n) is 6.45. The Hall–Kier alpha value is -3.02. The number of benzene rings is 1. The van der Waals surface area contributed by atoms with Gasteiger partial charge in [-0.2, -0.15) is 0 Å². The molecule has 4 rings (SSSR count). The number of amides is 1. The van der Waals surface area contributed by atoms with Gasteiger partial charge in [0.05, 0.1) is 11.0 Å². The number of hydrogen-bond donors (Lipinski definition) is 3. The van der Waals surface area contributed by atoms with Gasteiger partial charge in [0.25, 0.3) is 5.91 Å². The molecule has 3 aromatic rings. The van der Waals surface area contributed by atoms with Crippen molar-refractivity contribution in [3.05, 3.63) is 53.9 Å². The summed E-state index contributed by atoms with van der Waals surface area (Å²) < 4.78 is 0. The SMILES string of the molecule is O=C(c1cc(O)cc(O)c1)N1CCC(c2c[nH]c3cccnc23)CC1. The van der Waals surface area contributed by atoms with Crippen molar-refractivity contribution in [2.45, 2.75) is 18.8 Å². The maximum atomic E-state index is 12.6. The standard InChI is InChI=1S/C19H19N3O3/c23-14-8-13(9-15(24)10-14)19(25)22-6-3-12(4-7-22)16-11-21-17-2-1-5-20-18(16)17/h1-2,5,8-12,21,23-24H,3-4,6-7H2. The number of carbonyl (C=O) groups is 1. The normalized spacial score (nSPS) is 15.6. The number of phenolic OH excluding ortho intramolecular Hbond substituents is 2. The lowest BCUT2D eigenvalue weighted by atomic mass is 9.90. The van der Waals surface area contributed by atoms with Gasteiger partial charge in [0.15, 0.2) is 0 Å². The molecule has 0 aliphatic carbocycles. The topological polar surface area (TPSA) is 89.5 Å². The van der Waals surface area contributed by atoms with Crippen LogP contribution in [0.2, 0.25) is 0 Å². The molecule has 6 heteroatoms. The van der Waals surface area contributed by atoms with Crippen LogP contribution in [0.3, 0.4) is 0 Å². The molecule has 1 aliphatic heterocycles. The van der Waals surface area contributed by atoms with Crippen molar-refractivity contribution >= 4 is 16.9 Å². The van der Waals surface area contributed by atoms with Gasteiger partial charge in [-0.1, -0.05) is 0 Å². The number of piperidine rings is 1. The van der Waals surface area contributed by atoms with Crippen LogP contribution in [0.15, 0.2) is 42.7 Å². The van der Waals surface area contributed by atoms with Crippen LogP contribution in [-0.2, 0) is 0 Å². The van der Waals surface area contributed by atoms with E-state index in [-0.39, 0.29) is 17.4 Å². The number of carbonyl (C=O) groups excluding carboxylic acids is 1. The highest BCUT2D eigenvalue weighted by Gasteiger charge is 2.26. The van der Waals surface area contributed by atoms with E-state index < -0.39 is 0 Å². The zero-order valence-corrected chi connectivity index (χ0v) is 13.6. The number of likely N-dealkylation sites (tertiary alicyclic amines) is 1. The van der Waals surface area contributed by atoms with E-state index in [0.29, 0.717) is 24.6 Å². The van der Waals surface area contributed by atoms with E-state index in [0.717, 1.165) is 23.9 Å². The van der Waals surface area contributed by atoms with Crippen molar-refractivity contribution in [1.82, 2.24) is 14.9 Å². The van der Waals surface area contributed by atoms with Crippen LogP contribution in [0, 0.1) is 0 Å². The van der Waals surface area contributed by atoms with E-state index >= 15 is 0 Å². The van der Waals surface area contributed by atoms with E-state index in [9.17, 15) is 15.0 Å². The Labute approximate surface area is 144 Å². The smallest absolute Gasteiger partial charge is 0.254 e. The number of H-pyrrole nitrogens is 1. The van der Waals surface area contributed by atoms with E-state index in [4.69, 9.17) is 0 Å². The number of nitrogens with zero attached hydrogens (tertiary/aromatic N) is 2. The minimum absolute atomic E-state index is 0.108. The van der Waals surface area contributed by atoms with Crippen molar-refractivity contribution in [3.63, 3.8) is 0 Å². The Kier molecular flexibility index (Phi) is 3.80. The molecular formula is C19H19N3O3. The minimum Gasteiger partial charge on any atom is -0.508 e. The number of aromatic amines is 1. The molecular weight excluding hydrogens is 318 g/mol. The van der Waals surface area contributed by atoms with Crippen LogP contribution in [-0.4, -0.2) is 44.1 Å². The fourth-order valence-corrected chi connectivity index (χ4v) is 3.58. The summed E-state index contributed by atoms with van der Waals surface area (Å²) in [6.45, 7) is 1.28. The molecule has 25 heavy (non-hydrogen) atoms. The lowest BCUT2D eigenvalue weighted by Gasteiger charge is -2.32. The van der Waals surface area contributed by atoms with Crippen molar-refractivity contribution in [1.29, 1.82) is 0 Å². The fourth-order valence-electron chi connectivity index (χ4n) is 3.58. The highest BCUT2D eigenvalue weighted by atomic mass is 16.3. The molecule has 6 nitrogen and oxygen atoms in total. The molecule has 128 valence electrons. The third-order valence-electron chi connectivity index (χ3n) is 4.84. The molecule has 1 aromatic carbocycles. The first-order valence-electron chi connectivity index (χ1n) is 8.36. The molecule has 1 saturated heterocycles. The maximum absolute atomic E-state index is 12.6.